The summed E-state index contributed by atoms with van der Waals surface area (Å²) in [6.07, 6.45) is 5.54. The number of nitrogens with zero attached hydrogens (tertiary/aromatic N) is 4. The summed E-state index contributed by atoms with van der Waals surface area (Å²) in [6.45, 7) is 7.14. The minimum Gasteiger partial charge on any atom is -0.508 e. The van der Waals surface area contributed by atoms with Gasteiger partial charge in [0.2, 0.25) is 5.95 Å². The number of nitrogens with one attached hydrogen (secondary N) is 2. The van der Waals surface area contributed by atoms with Gasteiger partial charge in [0.25, 0.3) is 0 Å². The second kappa shape index (κ2) is 9.91. The standard InChI is InChI=1S/C22H31FN6O2/c1-4-5-6-11-29-14-26-18-19(25-13-15-12-16(23)7-8-17(15)30)27-21(28-20(18)29)24-10-9-22(2,3)31/h7-8,12,14,30-31H,4-6,9-11,13H2,1-3H3,(H2,24,25,27,28). The number of anilines is 2. The summed E-state index contributed by atoms with van der Waals surface area (Å²) >= 11 is 0. The molecule has 0 bridgehead atoms. The van der Waals surface area contributed by atoms with Gasteiger partial charge in [0, 0.05) is 25.2 Å². The van der Waals surface area contributed by atoms with Gasteiger partial charge in [0.05, 0.1) is 11.9 Å². The van der Waals surface area contributed by atoms with E-state index in [-0.39, 0.29) is 12.3 Å². The van der Waals surface area contributed by atoms with E-state index >= 15 is 0 Å². The van der Waals surface area contributed by atoms with Crippen LogP contribution in [0.4, 0.5) is 16.2 Å². The lowest BCUT2D eigenvalue weighted by Gasteiger charge is -2.17. The average Bonchev–Trinajstić information content (AvgIpc) is 3.11. The second-order valence-corrected chi connectivity index (χ2v) is 8.33. The van der Waals surface area contributed by atoms with Gasteiger partial charge in [-0.3, -0.25) is 0 Å². The zero-order valence-corrected chi connectivity index (χ0v) is 18.3. The zero-order valence-electron chi connectivity index (χ0n) is 18.3. The monoisotopic (exact) mass is 430 g/mol. The Kier molecular flexibility index (Phi) is 7.27. The maximum Gasteiger partial charge on any atom is 0.226 e. The number of hydrogen-bond acceptors (Lipinski definition) is 7. The third kappa shape index (κ3) is 6.27. The molecule has 3 rings (SSSR count). The molecule has 0 aliphatic heterocycles. The van der Waals surface area contributed by atoms with Crippen LogP contribution in [-0.2, 0) is 13.1 Å². The number of phenolic OH excluding ortho intramolecular Hbond substituents is 1. The predicted molar refractivity (Wildman–Crippen MR) is 120 cm³/mol. The summed E-state index contributed by atoms with van der Waals surface area (Å²) in [4.78, 5) is 13.6. The fraction of sp³-hybridized carbons (Fsp3) is 0.500. The first-order valence-corrected chi connectivity index (χ1v) is 10.7. The largest absolute Gasteiger partial charge is 0.508 e. The molecule has 0 saturated carbocycles. The van der Waals surface area contributed by atoms with Crippen molar-refractivity contribution in [2.24, 2.45) is 0 Å². The van der Waals surface area contributed by atoms with Gasteiger partial charge in [-0.05, 0) is 44.9 Å². The zero-order chi connectivity index (χ0) is 22.4. The van der Waals surface area contributed by atoms with Crippen LogP contribution in [0.25, 0.3) is 11.2 Å². The second-order valence-electron chi connectivity index (χ2n) is 8.33. The summed E-state index contributed by atoms with van der Waals surface area (Å²) < 4.78 is 15.6. The predicted octanol–water partition coefficient (Wildman–Crippen LogP) is 4.05. The van der Waals surface area contributed by atoms with E-state index in [0.717, 1.165) is 25.8 Å². The molecule has 0 fully saturated rings. The van der Waals surface area contributed by atoms with Gasteiger partial charge < -0.3 is 25.4 Å². The van der Waals surface area contributed by atoms with Crippen LogP contribution in [0.1, 0.15) is 52.0 Å². The lowest BCUT2D eigenvalue weighted by molar-refractivity contribution is 0.0748. The van der Waals surface area contributed by atoms with Crippen LogP contribution in [0.15, 0.2) is 24.5 Å². The Morgan fingerprint density at radius 3 is 2.71 bits per heavy atom. The molecule has 0 unspecified atom stereocenters. The first-order valence-electron chi connectivity index (χ1n) is 10.7. The summed E-state index contributed by atoms with van der Waals surface area (Å²) in [6, 6.07) is 3.82. The fourth-order valence-electron chi connectivity index (χ4n) is 3.20. The highest BCUT2D eigenvalue weighted by Crippen LogP contribution is 2.24. The number of aromatic nitrogens is 4. The third-order valence-electron chi connectivity index (χ3n) is 4.97. The summed E-state index contributed by atoms with van der Waals surface area (Å²) in [5, 5.41) is 26.3. The SMILES string of the molecule is CCCCCn1cnc2c(NCc3cc(F)ccc3O)nc(NCCC(C)(C)O)nc21. The van der Waals surface area contributed by atoms with E-state index in [0.29, 0.717) is 41.5 Å². The number of rotatable bonds is 11. The lowest BCUT2D eigenvalue weighted by atomic mass is 10.1. The van der Waals surface area contributed by atoms with Crippen LogP contribution < -0.4 is 10.6 Å². The number of halogens is 1. The van der Waals surface area contributed by atoms with Crippen molar-refractivity contribution in [2.45, 2.75) is 65.1 Å². The maximum atomic E-state index is 13.6. The van der Waals surface area contributed by atoms with Crippen molar-refractivity contribution in [1.29, 1.82) is 0 Å². The Hall–Kier alpha value is -2.94. The Balaban J connectivity index is 1.86. The smallest absolute Gasteiger partial charge is 0.226 e. The summed E-state index contributed by atoms with van der Waals surface area (Å²) in [5.74, 6) is 0.498. The average molecular weight is 431 g/mol. The highest BCUT2D eigenvalue weighted by molar-refractivity contribution is 5.84. The van der Waals surface area contributed by atoms with Crippen molar-refractivity contribution in [3.63, 3.8) is 0 Å². The quantitative estimate of drug-likeness (QED) is 0.340. The van der Waals surface area contributed by atoms with Crippen molar-refractivity contribution >= 4 is 22.9 Å². The Morgan fingerprint density at radius 1 is 1.16 bits per heavy atom. The molecule has 0 saturated heterocycles. The van der Waals surface area contributed by atoms with Gasteiger partial charge in [0.1, 0.15) is 11.6 Å². The Bertz CT molecular complexity index is 1020. The fourth-order valence-corrected chi connectivity index (χ4v) is 3.20. The minimum absolute atomic E-state index is 0.00724. The molecule has 0 aliphatic carbocycles. The number of benzene rings is 1. The van der Waals surface area contributed by atoms with Gasteiger partial charge in [-0.25, -0.2) is 9.37 Å². The van der Waals surface area contributed by atoms with Crippen LogP contribution in [0, 0.1) is 5.82 Å². The van der Waals surface area contributed by atoms with Crippen molar-refractivity contribution in [2.75, 3.05) is 17.2 Å². The molecule has 9 heteroatoms. The summed E-state index contributed by atoms with van der Waals surface area (Å²) in [7, 11) is 0. The first-order chi connectivity index (χ1) is 14.8. The van der Waals surface area contributed by atoms with Crippen LogP contribution >= 0.6 is 0 Å². The molecule has 0 atom stereocenters. The van der Waals surface area contributed by atoms with Crippen LogP contribution in [-0.4, -0.2) is 41.9 Å². The topological polar surface area (TPSA) is 108 Å². The highest BCUT2D eigenvalue weighted by atomic mass is 19.1. The molecule has 4 N–H and O–H groups in total. The summed E-state index contributed by atoms with van der Waals surface area (Å²) in [5.41, 5.74) is 0.934. The van der Waals surface area contributed by atoms with Gasteiger partial charge in [-0.15, -0.1) is 0 Å². The molecule has 2 aromatic heterocycles. The van der Waals surface area contributed by atoms with Gasteiger partial charge in [-0.2, -0.15) is 9.97 Å². The number of imidazole rings is 1. The van der Waals surface area contributed by atoms with Crippen molar-refractivity contribution < 1.29 is 14.6 Å². The molecule has 0 aliphatic rings. The van der Waals surface area contributed by atoms with E-state index in [1.807, 2.05) is 4.57 Å². The van der Waals surface area contributed by atoms with Crippen molar-refractivity contribution in [3.8, 4) is 5.75 Å². The van der Waals surface area contributed by atoms with E-state index < -0.39 is 11.4 Å². The number of fused-ring (bicyclic) bond motifs is 1. The molecular formula is C22H31FN6O2. The molecule has 168 valence electrons. The number of hydrogen-bond donors (Lipinski definition) is 4. The van der Waals surface area contributed by atoms with Crippen molar-refractivity contribution in [1.82, 2.24) is 19.5 Å². The third-order valence-corrected chi connectivity index (χ3v) is 4.97. The normalized spacial score (nSPS) is 11.8. The number of aromatic hydroxyl groups is 1. The molecule has 2 heterocycles. The van der Waals surface area contributed by atoms with Crippen molar-refractivity contribution in [3.05, 3.63) is 35.9 Å². The highest BCUT2D eigenvalue weighted by Gasteiger charge is 2.16. The number of aliphatic hydroxyl groups is 1. The molecule has 3 aromatic rings. The molecule has 8 nitrogen and oxygen atoms in total. The molecule has 1 aromatic carbocycles. The number of phenols is 1. The molecule has 0 spiro atoms. The molecule has 31 heavy (non-hydrogen) atoms. The van der Waals surface area contributed by atoms with E-state index in [2.05, 4.69) is 32.5 Å². The number of aryl methyl sites for hydroxylation is 1. The van der Waals surface area contributed by atoms with E-state index in [9.17, 15) is 14.6 Å². The van der Waals surface area contributed by atoms with Crippen LogP contribution in [0.5, 0.6) is 5.75 Å². The van der Waals surface area contributed by atoms with Gasteiger partial charge in [0.15, 0.2) is 17.0 Å². The molecular weight excluding hydrogens is 399 g/mol. The van der Waals surface area contributed by atoms with E-state index in [1.54, 1.807) is 20.2 Å². The van der Waals surface area contributed by atoms with E-state index in [1.165, 1.54) is 18.2 Å². The Morgan fingerprint density at radius 2 is 1.97 bits per heavy atom. The van der Waals surface area contributed by atoms with E-state index in [4.69, 9.17) is 0 Å². The minimum atomic E-state index is -0.797. The number of unbranched alkanes of at least 4 members (excludes halogenated alkanes) is 2. The molecule has 0 amide bonds. The lowest BCUT2D eigenvalue weighted by Crippen LogP contribution is -2.23. The van der Waals surface area contributed by atoms with Crippen LogP contribution in [0.2, 0.25) is 0 Å². The first kappa shape index (κ1) is 22.7. The van der Waals surface area contributed by atoms with Crippen LogP contribution in [0.3, 0.4) is 0 Å². The molecule has 0 radical (unpaired) electrons. The van der Waals surface area contributed by atoms with Gasteiger partial charge >= 0.3 is 0 Å². The Labute approximate surface area is 181 Å². The maximum absolute atomic E-state index is 13.6. The van der Waals surface area contributed by atoms with Gasteiger partial charge in [-0.1, -0.05) is 19.8 Å².